The summed E-state index contributed by atoms with van der Waals surface area (Å²) in [5.41, 5.74) is 7.57. The number of rotatable bonds is 3. The van der Waals surface area contributed by atoms with Crippen LogP contribution < -0.4 is 5.73 Å². The van der Waals surface area contributed by atoms with E-state index in [4.69, 9.17) is 5.73 Å². The lowest BCUT2D eigenvalue weighted by atomic mass is 10.0. The van der Waals surface area contributed by atoms with Crippen molar-refractivity contribution in [3.05, 3.63) is 51.7 Å². The molecule has 1 unspecified atom stereocenters. The lowest BCUT2D eigenvalue weighted by Gasteiger charge is -2.32. The number of hydrogen-bond donors (Lipinski definition) is 1. The minimum atomic E-state index is -3.48. The molecule has 2 N–H and O–H groups in total. The van der Waals surface area contributed by atoms with Gasteiger partial charge in [0.05, 0.1) is 4.90 Å². The summed E-state index contributed by atoms with van der Waals surface area (Å²) in [7, 11) is -3.48. The van der Waals surface area contributed by atoms with E-state index in [1.165, 1.54) is 4.88 Å². The number of sulfonamides is 1. The third-order valence-electron chi connectivity index (χ3n) is 3.96. The van der Waals surface area contributed by atoms with Gasteiger partial charge in [-0.2, -0.15) is 4.31 Å². The Bertz CT molecular complexity index is 753. The van der Waals surface area contributed by atoms with Gasteiger partial charge in [-0.05, 0) is 48.1 Å². The van der Waals surface area contributed by atoms with Crippen LogP contribution in [0.3, 0.4) is 0 Å². The Morgan fingerprint density at radius 2 is 2.19 bits per heavy atom. The summed E-state index contributed by atoms with van der Waals surface area (Å²) in [6.45, 7) is 2.83. The van der Waals surface area contributed by atoms with Crippen molar-refractivity contribution >= 4 is 21.4 Å². The lowest BCUT2D eigenvalue weighted by molar-refractivity contribution is 0.329. The summed E-state index contributed by atoms with van der Waals surface area (Å²) >= 11 is 1.71. The monoisotopic (exact) mass is 322 g/mol. The molecule has 0 amide bonds. The van der Waals surface area contributed by atoms with Crippen molar-refractivity contribution in [2.45, 2.75) is 30.8 Å². The first-order valence-corrected chi connectivity index (χ1v) is 9.23. The molecule has 4 nitrogen and oxygen atoms in total. The molecule has 0 spiro atoms. The van der Waals surface area contributed by atoms with E-state index < -0.39 is 10.0 Å². The van der Waals surface area contributed by atoms with Gasteiger partial charge < -0.3 is 5.73 Å². The number of thiophene rings is 1. The van der Waals surface area contributed by atoms with Gasteiger partial charge >= 0.3 is 0 Å². The van der Waals surface area contributed by atoms with Crippen LogP contribution in [-0.2, 0) is 23.0 Å². The van der Waals surface area contributed by atoms with E-state index in [0.717, 1.165) is 17.5 Å². The molecule has 2 aromatic rings. The van der Waals surface area contributed by atoms with Gasteiger partial charge in [0, 0.05) is 24.0 Å². The highest BCUT2D eigenvalue weighted by molar-refractivity contribution is 7.89. The Labute approximate surface area is 129 Å². The molecule has 0 fully saturated rings. The Morgan fingerprint density at radius 3 is 2.95 bits per heavy atom. The smallest absolute Gasteiger partial charge is 0.243 e. The molecular weight excluding hydrogens is 304 g/mol. The molecule has 112 valence electrons. The van der Waals surface area contributed by atoms with Crippen molar-refractivity contribution in [3.63, 3.8) is 0 Å². The number of fused-ring (bicyclic) bond motifs is 1. The van der Waals surface area contributed by atoms with E-state index in [9.17, 15) is 8.42 Å². The molecule has 1 aromatic carbocycles. The third-order valence-corrected chi connectivity index (χ3v) is 6.92. The summed E-state index contributed by atoms with van der Waals surface area (Å²) in [6.07, 6.45) is 0.785. The maximum Gasteiger partial charge on any atom is 0.243 e. The Hall–Kier alpha value is -1.21. The second-order valence-corrected chi connectivity index (χ2v) is 8.08. The predicted octanol–water partition coefficient (Wildman–Crippen LogP) is 2.51. The van der Waals surface area contributed by atoms with E-state index in [0.29, 0.717) is 18.0 Å². The molecule has 1 atom stereocenters. The van der Waals surface area contributed by atoms with Gasteiger partial charge in [-0.25, -0.2) is 8.42 Å². The standard InChI is InChI=1S/C15H18N2O2S2/c1-11-14-6-8-20-15(14)5-7-17(11)21(18,19)13-4-2-3-12(9-13)10-16/h2-4,6,8-9,11H,5,7,10,16H2,1H3. The van der Waals surface area contributed by atoms with Gasteiger partial charge in [0.2, 0.25) is 10.0 Å². The highest BCUT2D eigenvalue weighted by atomic mass is 32.2. The van der Waals surface area contributed by atoms with Crippen LogP contribution in [-0.4, -0.2) is 19.3 Å². The molecule has 1 aliphatic rings. The Morgan fingerprint density at radius 1 is 1.38 bits per heavy atom. The molecule has 0 saturated heterocycles. The maximum absolute atomic E-state index is 12.9. The summed E-state index contributed by atoms with van der Waals surface area (Å²) < 4.78 is 27.4. The minimum Gasteiger partial charge on any atom is -0.326 e. The number of nitrogens with zero attached hydrogens (tertiary/aromatic N) is 1. The number of nitrogens with two attached hydrogens (primary N) is 1. The van der Waals surface area contributed by atoms with Gasteiger partial charge in [0.25, 0.3) is 0 Å². The van der Waals surface area contributed by atoms with Crippen molar-refractivity contribution < 1.29 is 8.42 Å². The van der Waals surface area contributed by atoms with Crippen LogP contribution in [0.2, 0.25) is 0 Å². The van der Waals surface area contributed by atoms with Crippen LogP contribution in [0.15, 0.2) is 40.6 Å². The fourth-order valence-electron chi connectivity index (χ4n) is 2.78. The molecular formula is C15H18N2O2S2. The Balaban J connectivity index is 1.99. The molecule has 3 rings (SSSR count). The minimum absolute atomic E-state index is 0.119. The molecule has 21 heavy (non-hydrogen) atoms. The zero-order chi connectivity index (χ0) is 15.0. The van der Waals surface area contributed by atoms with Crippen LogP contribution in [0.25, 0.3) is 0 Å². The van der Waals surface area contributed by atoms with Crippen LogP contribution in [0, 0.1) is 0 Å². The topological polar surface area (TPSA) is 63.4 Å². The van der Waals surface area contributed by atoms with Gasteiger partial charge in [-0.15, -0.1) is 11.3 Å². The molecule has 6 heteroatoms. The van der Waals surface area contributed by atoms with Crippen LogP contribution in [0.4, 0.5) is 0 Å². The summed E-state index contributed by atoms with van der Waals surface area (Å²) in [6, 6.07) is 8.82. The third kappa shape index (κ3) is 2.53. The number of hydrogen-bond acceptors (Lipinski definition) is 4. The zero-order valence-electron chi connectivity index (χ0n) is 11.8. The molecule has 1 aliphatic heterocycles. The van der Waals surface area contributed by atoms with Crippen molar-refractivity contribution in [3.8, 4) is 0 Å². The molecule has 0 bridgehead atoms. The molecule has 0 radical (unpaired) electrons. The van der Waals surface area contributed by atoms with Crippen LogP contribution >= 0.6 is 11.3 Å². The Kier molecular flexibility index (Phi) is 3.88. The van der Waals surface area contributed by atoms with E-state index in [1.54, 1.807) is 33.8 Å². The van der Waals surface area contributed by atoms with Crippen molar-refractivity contribution in [1.29, 1.82) is 0 Å². The highest BCUT2D eigenvalue weighted by Gasteiger charge is 2.34. The van der Waals surface area contributed by atoms with Crippen molar-refractivity contribution in [2.24, 2.45) is 5.73 Å². The quantitative estimate of drug-likeness (QED) is 0.944. The van der Waals surface area contributed by atoms with Gasteiger partial charge in [-0.3, -0.25) is 0 Å². The van der Waals surface area contributed by atoms with E-state index >= 15 is 0 Å². The predicted molar refractivity (Wildman–Crippen MR) is 84.7 cm³/mol. The first-order valence-electron chi connectivity index (χ1n) is 6.91. The number of benzene rings is 1. The molecule has 0 aliphatic carbocycles. The first kappa shape index (κ1) is 14.7. The van der Waals surface area contributed by atoms with Crippen LogP contribution in [0.5, 0.6) is 0 Å². The molecule has 0 saturated carbocycles. The fourth-order valence-corrected chi connectivity index (χ4v) is 5.43. The average molecular weight is 322 g/mol. The summed E-state index contributed by atoms with van der Waals surface area (Å²) in [5.74, 6) is 0. The van der Waals surface area contributed by atoms with Crippen LogP contribution in [0.1, 0.15) is 29.0 Å². The van der Waals surface area contributed by atoms with Gasteiger partial charge in [0.1, 0.15) is 0 Å². The maximum atomic E-state index is 12.9. The SMILES string of the molecule is CC1c2ccsc2CCN1S(=O)(=O)c1cccc(CN)c1. The summed E-state index contributed by atoms with van der Waals surface area (Å²) in [4.78, 5) is 1.63. The highest BCUT2D eigenvalue weighted by Crippen LogP contribution is 2.36. The average Bonchev–Trinajstić information content (AvgIpc) is 2.97. The van der Waals surface area contributed by atoms with Gasteiger partial charge in [-0.1, -0.05) is 12.1 Å². The zero-order valence-corrected chi connectivity index (χ0v) is 13.5. The van der Waals surface area contributed by atoms with E-state index in [-0.39, 0.29) is 6.04 Å². The normalized spacial score (nSPS) is 19.4. The largest absolute Gasteiger partial charge is 0.326 e. The molecule has 1 aromatic heterocycles. The summed E-state index contributed by atoms with van der Waals surface area (Å²) in [5, 5.41) is 2.03. The van der Waals surface area contributed by atoms with Crippen molar-refractivity contribution in [1.82, 2.24) is 4.31 Å². The van der Waals surface area contributed by atoms with Crippen molar-refractivity contribution in [2.75, 3.05) is 6.54 Å². The van der Waals surface area contributed by atoms with Gasteiger partial charge in [0.15, 0.2) is 0 Å². The second-order valence-electron chi connectivity index (χ2n) is 5.19. The van der Waals surface area contributed by atoms with E-state index in [1.807, 2.05) is 24.4 Å². The second kappa shape index (κ2) is 5.53. The fraction of sp³-hybridized carbons (Fsp3) is 0.333. The first-order chi connectivity index (χ1) is 10.0. The van der Waals surface area contributed by atoms with E-state index in [2.05, 4.69) is 0 Å². The molecule has 2 heterocycles. The lowest BCUT2D eigenvalue weighted by Crippen LogP contribution is -2.38.